The zero-order chi connectivity index (χ0) is 28.7. The molecule has 0 unspecified atom stereocenters. The van der Waals surface area contributed by atoms with Crippen LogP contribution in [-0.4, -0.2) is 0 Å². The summed E-state index contributed by atoms with van der Waals surface area (Å²) in [4.78, 5) is 2.41. The number of thiophene rings is 1. The highest BCUT2D eigenvalue weighted by Crippen LogP contribution is 2.52. The van der Waals surface area contributed by atoms with Crippen molar-refractivity contribution >= 4 is 70.1 Å². The van der Waals surface area contributed by atoms with Crippen molar-refractivity contribution < 1.29 is 0 Å². The van der Waals surface area contributed by atoms with E-state index in [9.17, 15) is 0 Å². The van der Waals surface area contributed by atoms with Crippen LogP contribution in [0.15, 0.2) is 140 Å². The van der Waals surface area contributed by atoms with Crippen LogP contribution in [0.5, 0.6) is 0 Å². The second-order valence-electron chi connectivity index (χ2n) is 12.2. The van der Waals surface area contributed by atoms with Crippen molar-refractivity contribution in [2.45, 2.75) is 19.3 Å². The fourth-order valence-corrected chi connectivity index (χ4v) is 8.28. The first-order valence-corrected chi connectivity index (χ1v) is 15.7. The molecule has 0 atom stereocenters. The van der Waals surface area contributed by atoms with Gasteiger partial charge in [0.25, 0.3) is 0 Å². The molecule has 1 aliphatic rings. The van der Waals surface area contributed by atoms with Gasteiger partial charge in [0, 0.05) is 42.6 Å². The molecule has 0 aliphatic heterocycles. The standard InChI is InChI=1S/C41H29NS/c1-41(2)37-14-8-7-13-33(37)34-25-40-36(24-38(34)41)35-23-32(19-20-39(35)43-40)42(30-17-15-26-9-3-5-11-28(26)21-30)31-18-16-27-10-4-6-12-29(27)22-31/h3-25H,1-2H3. The molecule has 0 amide bonds. The Kier molecular flexibility index (Phi) is 5.18. The molecular formula is C41H29NS. The summed E-state index contributed by atoms with van der Waals surface area (Å²) in [5.74, 6) is 0. The summed E-state index contributed by atoms with van der Waals surface area (Å²) in [5, 5.41) is 7.65. The molecule has 2 heteroatoms. The average molecular weight is 568 g/mol. The summed E-state index contributed by atoms with van der Waals surface area (Å²) in [6, 6.07) is 51.7. The third kappa shape index (κ3) is 3.70. The lowest BCUT2D eigenvalue weighted by atomic mass is 9.82. The van der Waals surface area contributed by atoms with Crippen LogP contribution in [0.2, 0.25) is 0 Å². The van der Waals surface area contributed by atoms with Crippen molar-refractivity contribution in [2.24, 2.45) is 0 Å². The highest BCUT2D eigenvalue weighted by Gasteiger charge is 2.35. The molecular weight excluding hydrogens is 539 g/mol. The highest BCUT2D eigenvalue weighted by atomic mass is 32.1. The predicted octanol–water partition coefficient (Wildman–Crippen LogP) is 12.1. The van der Waals surface area contributed by atoms with E-state index in [4.69, 9.17) is 0 Å². The van der Waals surface area contributed by atoms with E-state index >= 15 is 0 Å². The third-order valence-corrected chi connectivity index (χ3v) is 10.5. The Morgan fingerprint density at radius 3 is 1.70 bits per heavy atom. The molecule has 1 aliphatic carbocycles. The first-order chi connectivity index (χ1) is 21.0. The number of hydrogen-bond donors (Lipinski definition) is 0. The van der Waals surface area contributed by atoms with Gasteiger partial charge in [-0.2, -0.15) is 0 Å². The minimum absolute atomic E-state index is 0.0196. The van der Waals surface area contributed by atoms with E-state index in [-0.39, 0.29) is 5.41 Å². The predicted molar refractivity (Wildman–Crippen MR) is 187 cm³/mol. The summed E-state index contributed by atoms with van der Waals surface area (Å²) in [7, 11) is 0. The van der Waals surface area contributed by atoms with Crippen molar-refractivity contribution in [1.82, 2.24) is 0 Å². The van der Waals surface area contributed by atoms with Gasteiger partial charge in [0.1, 0.15) is 0 Å². The van der Waals surface area contributed by atoms with Gasteiger partial charge in [0.05, 0.1) is 0 Å². The first-order valence-electron chi connectivity index (χ1n) is 14.9. The Morgan fingerprint density at radius 2 is 1.00 bits per heavy atom. The van der Waals surface area contributed by atoms with Crippen LogP contribution in [0.3, 0.4) is 0 Å². The van der Waals surface area contributed by atoms with Gasteiger partial charge in [-0.25, -0.2) is 0 Å². The summed E-state index contributed by atoms with van der Waals surface area (Å²) in [6.45, 7) is 4.73. The minimum atomic E-state index is -0.0196. The largest absolute Gasteiger partial charge is 0.310 e. The fraction of sp³-hybridized carbons (Fsp3) is 0.0732. The lowest BCUT2D eigenvalue weighted by molar-refractivity contribution is 0.661. The van der Waals surface area contributed by atoms with Gasteiger partial charge in [0.2, 0.25) is 0 Å². The lowest BCUT2D eigenvalue weighted by Gasteiger charge is -2.26. The molecule has 0 bridgehead atoms. The zero-order valence-corrected chi connectivity index (χ0v) is 25.0. The minimum Gasteiger partial charge on any atom is -0.310 e. The van der Waals surface area contributed by atoms with Crippen molar-refractivity contribution in [3.05, 3.63) is 151 Å². The molecule has 0 spiro atoms. The van der Waals surface area contributed by atoms with Gasteiger partial charge in [-0.3, -0.25) is 0 Å². The van der Waals surface area contributed by atoms with E-state index in [2.05, 4.69) is 158 Å². The topological polar surface area (TPSA) is 3.24 Å². The Bertz CT molecular complexity index is 2310. The molecule has 0 saturated heterocycles. The maximum atomic E-state index is 2.48. The molecule has 0 N–H and O–H groups in total. The maximum absolute atomic E-state index is 2.48. The average Bonchev–Trinajstić information content (AvgIpc) is 3.51. The normalized spacial score (nSPS) is 13.5. The van der Waals surface area contributed by atoms with E-state index in [1.54, 1.807) is 0 Å². The van der Waals surface area contributed by atoms with Gasteiger partial charge in [0.15, 0.2) is 0 Å². The second-order valence-corrected chi connectivity index (χ2v) is 13.3. The summed E-state index contributed by atoms with van der Waals surface area (Å²) in [5.41, 5.74) is 9.07. The van der Waals surface area contributed by atoms with Crippen molar-refractivity contribution in [3.63, 3.8) is 0 Å². The highest BCUT2D eigenvalue weighted by molar-refractivity contribution is 7.25. The molecule has 0 radical (unpaired) electrons. The third-order valence-electron chi connectivity index (χ3n) is 9.40. The number of rotatable bonds is 3. The van der Waals surface area contributed by atoms with Crippen molar-refractivity contribution in [2.75, 3.05) is 4.90 Å². The van der Waals surface area contributed by atoms with Crippen LogP contribution >= 0.6 is 11.3 Å². The van der Waals surface area contributed by atoms with Crippen molar-refractivity contribution in [3.8, 4) is 11.1 Å². The maximum Gasteiger partial charge on any atom is 0.0468 e. The number of anilines is 3. The Morgan fingerprint density at radius 1 is 0.442 bits per heavy atom. The van der Waals surface area contributed by atoms with E-state index in [1.807, 2.05) is 11.3 Å². The van der Waals surface area contributed by atoms with Crippen LogP contribution in [0, 0.1) is 0 Å². The van der Waals surface area contributed by atoms with Gasteiger partial charge in [-0.15, -0.1) is 11.3 Å². The van der Waals surface area contributed by atoms with Crippen LogP contribution < -0.4 is 4.90 Å². The molecule has 1 aromatic heterocycles. The molecule has 1 nitrogen and oxygen atoms in total. The molecule has 43 heavy (non-hydrogen) atoms. The van der Waals surface area contributed by atoms with E-state index in [0.29, 0.717) is 0 Å². The van der Waals surface area contributed by atoms with Crippen LogP contribution in [0.4, 0.5) is 17.1 Å². The summed E-state index contributed by atoms with van der Waals surface area (Å²) in [6.07, 6.45) is 0. The van der Waals surface area contributed by atoms with Gasteiger partial charge in [-0.1, -0.05) is 98.8 Å². The summed E-state index contributed by atoms with van der Waals surface area (Å²) >= 11 is 1.90. The Labute approximate surface area is 255 Å². The molecule has 8 aromatic rings. The quantitative estimate of drug-likeness (QED) is 0.205. The first kappa shape index (κ1) is 24.7. The molecule has 9 rings (SSSR count). The molecule has 1 heterocycles. The lowest BCUT2D eigenvalue weighted by Crippen LogP contribution is -2.14. The van der Waals surface area contributed by atoms with E-state index in [1.165, 1.54) is 69.7 Å². The van der Waals surface area contributed by atoms with Crippen LogP contribution in [-0.2, 0) is 5.41 Å². The van der Waals surface area contributed by atoms with Gasteiger partial charge in [-0.05, 0) is 98.4 Å². The number of nitrogens with zero attached hydrogens (tertiary/aromatic N) is 1. The molecule has 7 aromatic carbocycles. The Balaban J connectivity index is 1.27. The zero-order valence-electron chi connectivity index (χ0n) is 24.1. The SMILES string of the molecule is CC1(C)c2ccccc2-c2cc3sc4ccc(N(c5ccc6ccccc6c5)c5ccc6ccccc6c5)cc4c3cc21. The Hall–Kier alpha value is -4.92. The van der Waals surface area contributed by atoms with E-state index in [0.717, 1.165) is 11.4 Å². The number of hydrogen-bond acceptors (Lipinski definition) is 2. The number of benzene rings is 7. The van der Waals surface area contributed by atoms with Crippen LogP contribution in [0.1, 0.15) is 25.0 Å². The van der Waals surface area contributed by atoms with Gasteiger partial charge < -0.3 is 4.90 Å². The molecule has 0 fully saturated rings. The smallest absolute Gasteiger partial charge is 0.0468 e. The second kappa shape index (κ2) is 9.04. The van der Waals surface area contributed by atoms with Crippen LogP contribution in [0.25, 0.3) is 52.8 Å². The summed E-state index contributed by atoms with van der Waals surface area (Å²) < 4.78 is 2.67. The monoisotopic (exact) mass is 567 g/mol. The number of fused-ring (bicyclic) bond motifs is 8. The fourth-order valence-electron chi connectivity index (χ4n) is 7.18. The molecule has 0 saturated carbocycles. The molecule has 204 valence electrons. The van der Waals surface area contributed by atoms with Crippen molar-refractivity contribution in [1.29, 1.82) is 0 Å². The van der Waals surface area contributed by atoms with Gasteiger partial charge >= 0.3 is 0 Å². The van der Waals surface area contributed by atoms with E-state index < -0.39 is 0 Å².